The van der Waals surface area contributed by atoms with Crippen LogP contribution in [0.2, 0.25) is 0 Å². The highest BCUT2D eigenvalue weighted by Crippen LogP contribution is 2.28. The number of benzene rings is 2. The van der Waals surface area contributed by atoms with E-state index in [1.54, 1.807) is 19.2 Å². The molecule has 5 rings (SSSR count). The molecule has 10 heteroatoms. The number of amides is 2. The number of nitrogens with zero attached hydrogens (tertiary/aromatic N) is 4. The van der Waals surface area contributed by atoms with Crippen LogP contribution in [0, 0.1) is 6.92 Å². The number of aromatic nitrogens is 2. The maximum absolute atomic E-state index is 13.1. The molecular weight excluding hydrogens is 508 g/mol. The highest BCUT2D eigenvalue weighted by molar-refractivity contribution is 5.96. The summed E-state index contributed by atoms with van der Waals surface area (Å²) >= 11 is 0. The number of nitrogens with one attached hydrogen (secondary N) is 2. The lowest BCUT2D eigenvalue weighted by molar-refractivity contribution is -0.123. The Balaban J connectivity index is 1.34. The van der Waals surface area contributed by atoms with Gasteiger partial charge in [0.05, 0.1) is 25.3 Å². The molecule has 0 radical (unpaired) electrons. The van der Waals surface area contributed by atoms with Crippen molar-refractivity contribution in [2.45, 2.75) is 45.6 Å². The number of carbonyl (C=O) groups is 2. The molecule has 10 nitrogen and oxygen atoms in total. The molecule has 3 aromatic rings. The van der Waals surface area contributed by atoms with Crippen LogP contribution in [0.1, 0.15) is 40.4 Å². The minimum atomic E-state index is -0.251. The van der Waals surface area contributed by atoms with Gasteiger partial charge in [-0.15, -0.1) is 0 Å². The Morgan fingerprint density at radius 2 is 1.93 bits per heavy atom. The van der Waals surface area contributed by atoms with Crippen molar-refractivity contribution in [1.82, 2.24) is 25.1 Å². The van der Waals surface area contributed by atoms with Crippen molar-refractivity contribution in [3.05, 3.63) is 77.1 Å². The molecule has 4 bridgehead atoms. The van der Waals surface area contributed by atoms with Crippen molar-refractivity contribution in [1.29, 1.82) is 0 Å². The number of likely N-dealkylation sites (N-methyl/N-ethyl adjacent to an activating group) is 1. The van der Waals surface area contributed by atoms with Crippen molar-refractivity contribution in [2.75, 3.05) is 38.5 Å². The minimum absolute atomic E-state index is 0.0643. The van der Waals surface area contributed by atoms with Gasteiger partial charge in [-0.1, -0.05) is 25.1 Å². The van der Waals surface area contributed by atoms with E-state index in [0.717, 1.165) is 29.7 Å². The fourth-order valence-corrected chi connectivity index (χ4v) is 4.94. The zero-order valence-corrected chi connectivity index (χ0v) is 23.2. The Labute approximate surface area is 234 Å². The molecule has 0 spiro atoms. The lowest BCUT2D eigenvalue weighted by Crippen LogP contribution is -2.48. The maximum Gasteiger partial charge on any atom is 0.254 e. The third-order valence-corrected chi connectivity index (χ3v) is 7.09. The molecule has 210 valence electrons. The second-order valence-electron chi connectivity index (χ2n) is 10.5. The van der Waals surface area contributed by atoms with Crippen LogP contribution < -0.4 is 15.4 Å². The molecule has 40 heavy (non-hydrogen) atoms. The summed E-state index contributed by atoms with van der Waals surface area (Å²) in [5, 5.41) is 6.30. The molecule has 0 saturated carbocycles. The molecule has 2 aromatic carbocycles. The van der Waals surface area contributed by atoms with Gasteiger partial charge in [-0.25, -0.2) is 9.97 Å². The topological polar surface area (TPSA) is 109 Å². The number of hydrogen-bond acceptors (Lipinski definition) is 8. The van der Waals surface area contributed by atoms with Gasteiger partial charge in [0.1, 0.15) is 11.5 Å². The van der Waals surface area contributed by atoms with Gasteiger partial charge in [0, 0.05) is 56.7 Å². The van der Waals surface area contributed by atoms with Crippen LogP contribution in [0.4, 0.5) is 5.95 Å². The average Bonchev–Trinajstić information content (AvgIpc) is 3.32. The summed E-state index contributed by atoms with van der Waals surface area (Å²) in [7, 11) is 1.63. The summed E-state index contributed by atoms with van der Waals surface area (Å²) in [4.78, 5) is 38.7. The number of hydrogen-bond donors (Lipinski definition) is 2. The predicted octanol–water partition coefficient (Wildman–Crippen LogP) is 3.37. The first-order chi connectivity index (χ1) is 19.4. The van der Waals surface area contributed by atoms with Crippen LogP contribution in [-0.2, 0) is 22.7 Å². The monoisotopic (exact) mass is 544 g/mol. The van der Waals surface area contributed by atoms with Gasteiger partial charge >= 0.3 is 0 Å². The molecule has 1 fully saturated rings. The average molecular weight is 545 g/mol. The van der Waals surface area contributed by atoms with E-state index in [0.29, 0.717) is 49.3 Å². The minimum Gasteiger partial charge on any atom is -0.457 e. The van der Waals surface area contributed by atoms with E-state index in [1.165, 1.54) is 4.90 Å². The zero-order valence-electron chi connectivity index (χ0n) is 23.2. The first-order valence-corrected chi connectivity index (χ1v) is 13.7. The second kappa shape index (κ2) is 12.4. The second-order valence-corrected chi connectivity index (χ2v) is 10.5. The molecule has 0 unspecified atom stereocenters. The highest BCUT2D eigenvalue weighted by atomic mass is 16.5. The smallest absolute Gasteiger partial charge is 0.254 e. The van der Waals surface area contributed by atoms with Gasteiger partial charge in [-0.3, -0.25) is 14.5 Å². The molecule has 0 aliphatic carbocycles. The molecule has 2 aliphatic rings. The number of ether oxygens (including phenoxy) is 2. The Bertz CT molecular complexity index is 1350. The third kappa shape index (κ3) is 6.75. The fourth-order valence-electron chi connectivity index (χ4n) is 4.94. The van der Waals surface area contributed by atoms with Crippen molar-refractivity contribution >= 4 is 17.8 Å². The molecule has 1 saturated heterocycles. The van der Waals surface area contributed by atoms with E-state index < -0.39 is 0 Å². The van der Waals surface area contributed by atoms with Gasteiger partial charge < -0.3 is 25.0 Å². The lowest BCUT2D eigenvalue weighted by Gasteiger charge is -2.23. The van der Waals surface area contributed by atoms with Crippen LogP contribution in [0.5, 0.6) is 11.5 Å². The van der Waals surface area contributed by atoms with Crippen molar-refractivity contribution in [3.8, 4) is 11.5 Å². The van der Waals surface area contributed by atoms with Crippen LogP contribution in [0.15, 0.2) is 54.9 Å². The lowest BCUT2D eigenvalue weighted by atomic mass is 10.1. The Morgan fingerprint density at radius 3 is 2.73 bits per heavy atom. The van der Waals surface area contributed by atoms with Crippen LogP contribution in [-0.4, -0.2) is 77.0 Å². The van der Waals surface area contributed by atoms with Gasteiger partial charge in [0.25, 0.3) is 5.91 Å². The van der Waals surface area contributed by atoms with Crippen LogP contribution in [0.3, 0.4) is 0 Å². The van der Waals surface area contributed by atoms with Gasteiger partial charge in [-0.2, -0.15) is 0 Å². The highest BCUT2D eigenvalue weighted by Gasteiger charge is 2.35. The Kier molecular flexibility index (Phi) is 8.57. The third-order valence-electron chi connectivity index (χ3n) is 7.09. The SMILES string of the molecule is CCCNc1ncc(CN2C[C@@H]3NC(=O)CN(C)C(=O)c4ccc(C)c(c4)Oc4cccc(c4)CO[C@H]3C2)cn1. The van der Waals surface area contributed by atoms with Crippen LogP contribution in [0.25, 0.3) is 0 Å². The summed E-state index contributed by atoms with van der Waals surface area (Å²) in [6.07, 6.45) is 4.43. The van der Waals surface area contributed by atoms with Crippen molar-refractivity contribution in [2.24, 2.45) is 0 Å². The first-order valence-electron chi connectivity index (χ1n) is 13.7. The predicted molar refractivity (Wildman–Crippen MR) is 151 cm³/mol. The van der Waals surface area contributed by atoms with Gasteiger partial charge in [0.15, 0.2) is 0 Å². The van der Waals surface area contributed by atoms with E-state index >= 15 is 0 Å². The van der Waals surface area contributed by atoms with E-state index in [1.807, 2.05) is 49.6 Å². The van der Waals surface area contributed by atoms with E-state index in [2.05, 4.69) is 32.4 Å². The Hall–Kier alpha value is -4.02. The molecule has 2 N–H and O–H groups in total. The van der Waals surface area contributed by atoms with E-state index in [-0.39, 0.29) is 30.5 Å². The van der Waals surface area contributed by atoms with Crippen molar-refractivity contribution < 1.29 is 19.1 Å². The molecule has 1 aromatic heterocycles. The van der Waals surface area contributed by atoms with Gasteiger partial charge in [-0.05, 0) is 48.7 Å². The molecule has 2 atom stereocenters. The zero-order chi connectivity index (χ0) is 28.1. The number of anilines is 1. The van der Waals surface area contributed by atoms with Crippen molar-refractivity contribution in [3.63, 3.8) is 0 Å². The standard InChI is InChI=1S/C30H36N6O4/c1-4-10-31-30-32-13-22(14-33-30)15-36-16-25-27(17-36)39-19-21-6-5-7-24(11-21)40-26-12-23(9-8-20(26)2)29(38)35(3)18-28(37)34-25/h5-9,11-14,25,27H,4,10,15-19H2,1-3H3,(H,34,37)(H,31,32,33)/t25-,27-/m0/s1. The largest absolute Gasteiger partial charge is 0.457 e. The van der Waals surface area contributed by atoms with E-state index in [9.17, 15) is 9.59 Å². The maximum atomic E-state index is 13.1. The van der Waals surface area contributed by atoms with E-state index in [4.69, 9.17) is 9.47 Å². The summed E-state index contributed by atoms with van der Waals surface area (Å²) in [5.41, 5.74) is 3.32. The molecule has 2 aliphatic heterocycles. The summed E-state index contributed by atoms with van der Waals surface area (Å²) in [6, 6.07) is 12.8. The molecule has 3 heterocycles. The quantitative estimate of drug-likeness (QED) is 0.503. The number of likely N-dealkylation sites (tertiary alicyclic amines) is 1. The summed E-state index contributed by atoms with van der Waals surface area (Å²) in [5.74, 6) is 1.40. The summed E-state index contributed by atoms with van der Waals surface area (Å²) < 4.78 is 12.5. The number of fused-ring (bicyclic) bond motifs is 5. The number of aryl methyl sites for hydroxylation is 1. The van der Waals surface area contributed by atoms with Crippen LogP contribution >= 0.6 is 0 Å². The molecule has 2 amide bonds. The summed E-state index contributed by atoms with van der Waals surface area (Å²) in [6.45, 7) is 7.04. The number of rotatable bonds is 5. The van der Waals surface area contributed by atoms with Gasteiger partial charge in [0.2, 0.25) is 11.9 Å². The normalized spacial score (nSPS) is 20.0. The Morgan fingerprint density at radius 1 is 1.10 bits per heavy atom. The number of carbonyl (C=O) groups excluding carboxylic acids is 2. The fraction of sp³-hybridized carbons (Fsp3) is 0.400. The first kappa shape index (κ1) is 27.5. The molecular formula is C30H36N6O4.